The molecular weight excluding hydrogens is 330 g/mol. The van der Waals surface area contributed by atoms with Crippen LogP contribution >= 0.6 is 15.9 Å². The average molecular weight is 354 g/mol. The highest BCUT2D eigenvalue weighted by Gasteiger charge is 2.37. The van der Waals surface area contributed by atoms with Crippen LogP contribution in [-0.2, 0) is 0 Å². The summed E-state index contributed by atoms with van der Waals surface area (Å²) in [5, 5.41) is 3.09. The highest BCUT2D eigenvalue weighted by Crippen LogP contribution is 2.35. The first-order chi connectivity index (χ1) is 9.93. The summed E-state index contributed by atoms with van der Waals surface area (Å²) in [6, 6.07) is 3.58. The number of amides is 1. The fourth-order valence-corrected chi connectivity index (χ4v) is 3.45. The lowest BCUT2D eigenvalue weighted by atomic mass is 9.75. The molecular formula is C16H24BrN3O. The third kappa shape index (κ3) is 4.04. The lowest BCUT2D eigenvalue weighted by Crippen LogP contribution is -2.55. The first-order valence-corrected chi connectivity index (χ1v) is 8.29. The third-order valence-electron chi connectivity index (χ3n) is 4.58. The van der Waals surface area contributed by atoms with Crippen molar-refractivity contribution in [3.05, 3.63) is 28.5 Å². The molecule has 21 heavy (non-hydrogen) atoms. The Hall–Kier alpha value is -0.940. The maximum absolute atomic E-state index is 12.3. The van der Waals surface area contributed by atoms with Crippen LogP contribution in [0, 0.1) is 5.92 Å². The number of rotatable bonds is 4. The molecule has 2 atom stereocenters. The molecule has 0 aliphatic heterocycles. The summed E-state index contributed by atoms with van der Waals surface area (Å²) in [6.07, 6.45) is 6.41. The van der Waals surface area contributed by atoms with Gasteiger partial charge >= 0.3 is 0 Å². The molecule has 2 rings (SSSR count). The molecule has 1 saturated carbocycles. The van der Waals surface area contributed by atoms with Crippen LogP contribution in [0.1, 0.15) is 43.0 Å². The van der Waals surface area contributed by atoms with E-state index in [-0.39, 0.29) is 11.4 Å². The minimum Gasteiger partial charge on any atom is -0.350 e. The van der Waals surface area contributed by atoms with Crippen LogP contribution in [0.3, 0.4) is 0 Å². The maximum Gasteiger partial charge on any atom is 0.252 e. The average Bonchev–Trinajstić information content (AvgIpc) is 2.45. The molecule has 0 saturated heterocycles. The Bertz CT molecular complexity index is 489. The van der Waals surface area contributed by atoms with Crippen molar-refractivity contribution < 1.29 is 4.79 Å². The van der Waals surface area contributed by atoms with Gasteiger partial charge in [0.2, 0.25) is 0 Å². The van der Waals surface area contributed by atoms with Gasteiger partial charge in [0.05, 0.1) is 5.56 Å². The fraction of sp³-hybridized carbons (Fsp3) is 0.625. The summed E-state index contributed by atoms with van der Waals surface area (Å²) >= 11 is 3.28. The molecule has 1 N–H and O–H groups in total. The first kappa shape index (κ1) is 16.4. The van der Waals surface area contributed by atoms with Crippen molar-refractivity contribution in [2.75, 3.05) is 20.6 Å². The summed E-state index contributed by atoms with van der Waals surface area (Å²) < 4.78 is 0.741. The number of halogens is 1. The molecule has 116 valence electrons. The number of pyridine rings is 1. The van der Waals surface area contributed by atoms with Crippen molar-refractivity contribution >= 4 is 21.8 Å². The molecule has 0 radical (unpaired) electrons. The fourth-order valence-electron chi connectivity index (χ4n) is 3.21. The maximum atomic E-state index is 12.3. The summed E-state index contributed by atoms with van der Waals surface area (Å²) in [5.41, 5.74) is 0.687. The van der Waals surface area contributed by atoms with E-state index in [2.05, 4.69) is 52.1 Å². The van der Waals surface area contributed by atoms with E-state index < -0.39 is 0 Å². The van der Waals surface area contributed by atoms with Crippen molar-refractivity contribution in [1.29, 1.82) is 0 Å². The summed E-state index contributed by atoms with van der Waals surface area (Å²) in [4.78, 5) is 18.6. The van der Waals surface area contributed by atoms with Crippen LogP contribution in [0.5, 0.6) is 0 Å². The number of hydrogen-bond acceptors (Lipinski definition) is 3. The van der Waals surface area contributed by atoms with Crippen molar-refractivity contribution in [1.82, 2.24) is 15.2 Å². The van der Waals surface area contributed by atoms with E-state index in [1.807, 2.05) is 0 Å². The molecule has 1 heterocycles. The molecule has 4 nitrogen and oxygen atoms in total. The summed E-state index contributed by atoms with van der Waals surface area (Å²) in [5.74, 6) is 0.668. The van der Waals surface area contributed by atoms with Crippen LogP contribution in [0.25, 0.3) is 0 Å². The molecule has 5 heteroatoms. The van der Waals surface area contributed by atoms with E-state index in [0.717, 1.165) is 17.4 Å². The van der Waals surface area contributed by atoms with Gasteiger partial charge in [0.1, 0.15) is 4.60 Å². The van der Waals surface area contributed by atoms with E-state index in [4.69, 9.17) is 0 Å². The Morgan fingerprint density at radius 2 is 2.29 bits per heavy atom. The third-order valence-corrected chi connectivity index (χ3v) is 5.05. The lowest BCUT2D eigenvalue weighted by Gasteiger charge is -2.45. The quantitative estimate of drug-likeness (QED) is 0.846. The zero-order valence-electron chi connectivity index (χ0n) is 13.0. The van der Waals surface area contributed by atoms with Gasteiger partial charge in [0.15, 0.2) is 0 Å². The van der Waals surface area contributed by atoms with Gasteiger partial charge in [-0.2, -0.15) is 0 Å². The van der Waals surface area contributed by atoms with Crippen LogP contribution in [-0.4, -0.2) is 42.0 Å². The summed E-state index contributed by atoms with van der Waals surface area (Å²) in [6.45, 7) is 3.00. The molecule has 1 aliphatic carbocycles. The van der Waals surface area contributed by atoms with Crippen LogP contribution in [0.4, 0.5) is 0 Å². The van der Waals surface area contributed by atoms with Crippen molar-refractivity contribution in [3.8, 4) is 0 Å². The largest absolute Gasteiger partial charge is 0.350 e. The molecule has 1 fully saturated rings. The van der Waals surface area contributed by atoms with Crippen LogP contribution in [0.15, 0.2) is 22.9 Å². The molecule has 0 aromatic carbocycles. The Labute approximate surface area is 135 Å². The second-order valence-electron chi connectivity index (χ2n) is 6.37. The van der Waals surface area contributed by atoms with Crippen molar-refractivity contribution in [3.63, 3.8) is 0 Å². The molecule has 0 spiro atoms. The van der Waals surface area contributed by atoms with E-state index in [1.165, 1.54) is 12.8 Å². The van der Waals surface area contributed by atoms with Crippen molar-refractivity contribution in [2.24, 2.45) is 5.92 Å². The monoisotopic (exact) mass is 353 g/mol. The standard InChI is InChI=1S/C16H24BrN3O/c1-12-5-4-8-16(9-12,20(2)3)11-19-15(21)13-6-7-14(17)18-10-13/h6-7,10,12H,4-5,8-9,11H2,1-3H3,(H,19,21). The molecule has 1 aliphatic rings. The van der Waals surface area contributed by atoms with E-state index >= 15 is 0 Å². The SMILES string of the molecule is CC1CCCC(CNC(=O)c2ccc(Br)nc2)(N(C)C)C1. The topological polar surface area (TPSA) is 45.2 Å². The molecule has 0 bridgehead atoms. The number of nitrogens with one attached hydrogen (secondary N) is 1. The number of likely N-dealkylation sites (N-methyl/N-ethyl adjacent to an activating group) is 1. The molecule has 1 amide bonds. The Morgan fingerprint density at radius 1 is 1.52 bits per heavy atom. The number of carbonyl (C=O) groups is 1. The predicted molar refractivity (Wildman–Crippen MR) is 88.3 cm³/mol. The molecule has 2 unspecified atom stereocenters. The van der Waals surface area contributed by atoms with Gasteiger partial charge in [-0.15, -0.1) is 0 Å². The normalized spacial score (nSPS) is 25.9. The Balaban J connectivity index is 2.02. The van der Waals surface area contributed by atoms with Gasteiger partial charge in [0, 0.05) is 18.3 Å². The highest BCUT2D eigenvalue weighted by atomic mass is 79.9. The zero-order valence-corrected chi connectivity index (χ0v) is 14.6. The van der Waals surface area contributed by atoms with Gasteiger partial charge < -0.3 is 10.2 Å². The van der Waals surface area contributed by atoms with E-state index in [1.54, 1.807) is 18.3 Å². The molecule has 1 aromatic heterocycles. The van der Waals surface area contributed by atoms with Gasteiger partial charge in [-0.05, 0) is 60.9 Å². The van der Waals surface area contributed by atoms with Gasteiger partial charge in [-0.3, -0.25) is 4.79 Å². The van der Waals surface area contributed by atoms with Gasteiger partial charge in [-0.1, -0.05) is 19.8 Å². The minimum absolute atomic E-state index is 0.0468. The van der Waals surface area contributed by atoms with E-state index in [0.29, 0.717) is 18.0 Å². The van der Waals surface area contributed by atoms with Crippen molar-refractivity contribution in [2.45, 2.75) is 38.1 Å². The van der Waals surface area contributed by atoms with Crippen LogP contribution in [0.2, 0.25) is 0 Å². The molecule has 1 aromatic rings. The second kappa shape index (κ2) is 6.88. The second-order valence-corrected chi connectivity index (χ2v) is 7.19. The number of carbonyl (C=O) groups excluding carboxylic acids is 1. The minimum atomic E-state index is -0.0468. The highest BCUT2D eigenvalue weighted by molar-refractivity contribution is 9.10. The number of hydrogen-bond donors (Lipinski definition) is 1. The van der Waals surface area contributed by atoms with E-state index in [9.17, 15) is 4.79 Å². The Morgan fingerprint density at radius 3 is 2.86 bits per heavy atom. The summed E-state index contributed by atoms with van der Waals surface area (Å²) in [7, 11) is 4.23. The van der Waals surface area contributed by atoms with Gasteiger partial charge in [0.25, 0.3) is 5.91 Å². The smallest absolute Gasteiger partial charge is 0.252 e. The number of nitrogens with zero attached hydrogens (tertiary/aromatic N) is 2. The first-order valence-electron chi connectivity index (χ1n) is 7.50. The number of aromatic nitrogens is 1. The Kier molecular flexibility index (Phi) is 5.38. The van der Waals surface area contributed by atoms with Crippen LogP contribution < -0.4 is 5.32 Å². The van der Waals surface area contributed by atoms with Gasteiger partial charge in [-0.25, -0.2) is 4.98 Å². The zero-order chi connectivity index (χ0) is 15.5. The lowest BCUT2D eigenvalue weighted by molar-refractivity contribution is 0.0675. The predicted octanol–water partition coefficient (Wildman–Crippen LogP) is 3.08.